The van der Waals surface area contributed by atoms with Crippen molar-refractivity contribution in [1.82, 2.24) is 4.90 Å². The van der Waals surface area contributed by atoms with E-state index in [0.717, 1.165) is 0 Å². The van der Waals surface area contributed by atoms with Crippen LogP contribution in [0.5, 0.6) is 5.75 Å². The van der Waals surface area contributed by atoms with Crippen LogP contribution in [0, 0.1) is 0 Å². The lowest BCUT2D eigenvalue weighted by atomic mass is 9.70. The monoisotopic (exact) mass is 523 g/mol. The molecule has 1 aromatic carbocycles. The topological polar surface area (TPSA) is 94.9 Å². The van der Waals surface area contributed by atoms with Gasteiger partial charge >= 0.3 is 5.97 Å². The van der Waals surface area contributed by atoms with Gasteiger partial charge < -0.3 is 15.1 Å². The highest BCUT2D eigenvalue weighted by Crippen LogP contribution is 2.51. The number of nitrogens with zero attached hydrogens (tertiary/aromatic N) is 1. The fourth-order valence-corrected chi connectivity index (χ4v) is 5.92. The van der Waals surface area contributed by atoms with Gasteiger partial charge in [-0.15, -0.1) is 0 Å². The van der Waals surface area contributed by atoms with Crippen molar-refractivity contribution in [2.75, 3.05) is 6.54 Å². The first-order chi connectivity index (χ1) is 13.8. The molecule has 0 spiro atoms. The molecule has 6 nitrogen and oxygen atoms in total. The summed E-state index contributed by atoms with van der Waals surface area (Å²) in [4.78, 5) is 39.3. The standard InChI is InChI=1S/C21H19Br2NO5/c22-10-7-11(21(29)12(23)8-10)18-19-13(3-1-5-15(19)25)24(9-17(27)28)14-4-2-6-16(26)20(14)18/h7-8,18,29H,1-6,9H2,(H,27,28). The highest BCUT2D eigenvalue weighted by atomic mass is 79.9. The number of hydrogen-bond acceptors (Lipinski definition) is 5. The number of benzene rings is 1. The fraction of sp³-hybridized carbons (Fsp3) is 0.381. The van der Waals surface area contributed by atoms with Crippen LogP contribution in [0.25, 0.3) is 0 Å². The number of carbonyl (C=O) groups excluding carboxylic acids is 2. The van der Waals surface area contributed by atoms with Crippen LogP contribution < -0.4 is 0 Å². The van der Waals surface area contributed by atoms with Gasteiger partial charge in [-0.2, -0.15) is 0 Å². The summed E-state index contributed by atoms with van der Waals surface area (Å²) in [6, 6.07) is 3.44. The molecule has 0 bridgehead atoms. The molecule has 0 saturated carbocycles. The summed E-state index contributed by atoms with van der Waals surface area (Å²) in [5.74, 6) is -1.88. The SMILES string of the molecule is O=C(O)CN1C2=C(C(=O)CCC2)C(c2cc(Br)cc(Br)c2O)C2=C1CCCC2=O. The molecule has 0 fully saturated rings. The third-order valence-corrected chi connectivity index (χ3v) is 6.81. The number of carboxylic acid groups (broad SMARTS) is 1. The second kappa shape index (κ2) is 7.72. The summed E-state index contributed by atoms with van der Waals surface area (Å²) >= 11 is 6.78. The number of carbonyl (C=O) groups is 3. The summed E-state index contributed by atoms with van der Waals surface area (Å²) in [7, 11) is 0. The second-order valence-electron chi connectivity index (χ2n) is 7.51. The van der Waals surface area contributed by atoms with E-state index in [9.17, 15) is 24.6 Å². The van der Waals surface area contributed by atoms with Crippen molar-refractivity contribution < 1.29 is 24.6 Å². The number of rotatable bonds is 3. The lowest BCUT2D eigenvalue weighted by molar-refractivity contribution is -0.138. The number of allylic oxidation sites excluding steroid dienone is 4. The Morgan fingerprint density at radius 1 is 1.00 bits per heavy atom. The van der Waals surface area contributed by atoms with Crippen molar-refractivity contribution in [2.45, 2.75) is 44.4 Å². The highest BCUT2D eigenvalue weighted by Gasteiger charge is 2.44. The lowest BCUT2D eigenvalue weighted by Crippen LogP contribution is -2.41. The van der Waals surface area contributed by atoms with Gasteiger partial charge in [0, 0.05) is 51.3 Å². The molecule has 2 N–H and O–H groups in total. The number of phenols is 1. The third-order valence-electron chi connectivity index (χ3n) is 5.75. The maximum Gasteiger partial charge on any atom is 0.323 e. The van der Waals surface area contributed by atoms with Crippen LogP contribution in [0.2, 0.25) is 0 Å². The van der Waals surface area contributed by atoms with Gasteiger partial charge in [-0.25, -0.2) is 0 Å². The van der Waals surface area contributed by atoms with E-state index >= 15 is 0 Å². The van der Waals surface area contributed by atoms with Crippen LogP contribution >= 0.6 is 31.9 Å². The van der Waals surface area contributed by atoms with E-state index < -0.39 is 11.9 Å². The van der Waals surface area contributed by atoms with E-state index in [1.54, 1.807) is 17.0 Å². The largest absolute Gasteiger partial charge is 0.506 e. The van der Waals surface area contributed by atoms with Crippen molar-refractivity contribution >= 4 is 49.4 Å². The normalized spacial score (nSPS) is 20.1. The zero-order valence-corrected chi connectivity index (χ0v) is 18.7. The highest BCUT2D eigenvalue weighted by molar-refractivity contribution is 9.11. The van der Waals surface area contributed by atoms with Gasteiger partial charge in [0.25, 0.3) is 0 Å². The second-order valence-corrected chi connectivity index (χ2v) is 9.28. The van der Waals surface area contributed by atoms with E-state index in [-0.39, 0.29) is 23.9 Å². The number of Topliss-reactive ketones (excluding diaryl/α,β-unsaturated/α-hetero) is 2. The van der Waals surface area contributed by atoms with Crippen LogP contribution in [0.1, 0.15) is 50.0 Å². The van der Waals surface area contributed by atoms with Gasteiger partial charge in [0.05, 0.1) is 4.47 Å². The molecular weight excluding hydrogens is 506 g/mol. The first-order valence-electron chi connectivity index (χ1n) is 9.49. The predicted octanol–water partition coefficient (Wildman–Crippen LogP) is 4.42. The lowest BCUT2D eigenvalue weighted by Gasteiger charge is -2.43. The van der Waals surface area contributed by atoms with Crippen LogP contribution in [-0.2, 0) is 14.4 Å². The molecule has 3 aliphatic rings. The van der Waals surface area contributed by atoms with E-state index in [1.807, 2.05) is 0 Å². The van der Waals surface area contributed by atoms with Crippen LogP contribution in [0.4, 0.5) is 0 Å². The number of aromatic hydroxyl groups is 1. The minimum Gasteiger partial charge on any atom is -0.506 e. The molecule has 1 aromatic rings. The average Bonchev–Trinajstić information content (AvgIpc) is 2.65. The predicted molar refractivity (Wildman–Crippen MR) is 112 cm³/mol. The Labute approximate surface area is 184 Å². The summed E-state index contributed by atoms with van der Waals surface area (Å²) in [5.41, 5.74) is 2.74. The molecule has 2 aliphatic carbocycles. The summed E-state index contributed by atoms with van der Waals surface area (Å²) < 4.78 is 1.17. The zero-order valence-electron chi connectivity index (χ0n) is 15.5. The van der Waals surface area contributed by atoms with E-state index in [4.69, 9.17) is 0 Å². The Hall–Kier alpha value is -1.93. The van der Waals surface area contributed by atoms with Gasteiger partial charge in [-0.05, 0) is 53.7 Å². The third kappa shape index (κ3) is 3.46. The molecule has 4 rings (SSSR count). The number of halogens is 2. The summed E-state index contributed by atoms with van der Waals surface area (Å²) in [6.07, 6.45) is 3.14. The summed E-state index contributed by atoms with van der Waals surface area (Å²) in [5, 5.41) is 20.3. The number of hydrogen-bond donors (Lipinski definition) is 2. The molecule has 8 heteroatoms. The molecule has 0 aromatic heterocycles. The first-order valence-corrected chi connectivity index (χ1v) is 11.1. The van der Waals surface area contributed by atoms with Crippen molar-refractivity contribution in [1.29, 1.82) is 0 Å². The molecular formula is C21H19Br2NO5. The molecule has 0 atom stereocenters. The van der Waals surface area contributed by atoms with Gasteiger partial charge in [-0.1, -0.05) is 15.9 Å². The molecule has 0 amide bonds. The minimum atomic E-state index is -1.01. The first kappa shape index (κ1) is 20.3. The Morgan fingerprint density at radius 3 is 2.07 bits per heavy atom. The average molecular weight is 525 g/mol. The molecule has 152 valence electrons. The van der Waals surface area contributed by atoms with Crippen LogP contribution in [0.3, 0.4) is 0 Å². The maximum absolute atomic E-state index is 13.0. The molecule has 0 saturated heterocycles. The van der Waals surface area contributed by atoms with Crippen LogP contribution in [0.15, 0.2) is 43.6 Å². The molecule has 0 unspecified atom stereocenters. The van der Waals surface area contributed by atoms with Gasteiger partial charge in [0.15, 0.2) is 11.6 Å². The minimum absolute atomic E-state index is 0.0136. The van der Waals surface area contributed by atoms with Crippen molar-refractivity contribution in [3.05, 3.63) is 49.2 Å². The Bertz CT molecular complexity index is 967. The molecule has 1 aliphatic heterocycles. The van der Waals surface area contributed by atoms with Gasteiger partial charge in [0.2, 0.25) is 0 Å². The van der Waals surface area contributed by atoms with Gasteiger partial charge in [0.1, 0.15) is 12.3 Å². The number of aliphatic carboxylic acids is 1. The summed E-state index contributed by atoms with van der Waals surface area (Å²) in [6.45, 7) is -0.279. The Morgan fingerprint density at radius 2 is 1.55 bits per heavy atom. The molecule has 1 heterocycles. The quantitative estimate of drug-likeness (QED) is 0.608. The van der Waals surface area contributed by atoms with Crippen molar-refractivity contribution in [3.63, 3.8) is 0 Å². The smallest absolute Gasteiger partial charge is 0.323 e. The van der Waals surface area contributed by atoms with Crippen LogP contribution in [-0.4, -0.2) is 39.2 Å². The molecule has 0 radical (unpaired) electrons. The van der Waals surface area contributed by atoms with Crippen molar-refractivity contribution in [2.24, 2.45) is 0 Å². The maximum atomic E-state index is 13.0. The molecule has 29 heavy (non-hydrogen) atoms. The van der Waals surface area contributed by atoms with E-state index in [0.29, 0.717) is 75.6 Å². The zero-order chi connectivity index (χ0) is 20.9. The number of phenolic OH excluding ortho intramolecular Hbond substituents is 1. The number of ketones is 2. The number of carboxylic acids is 1. The fourth-order valence-electron chi connectivity index (χ4n) is 4.66. The van der Waals surface area contributed by atoms with E-state index in [2.05, 4.69) is 31.9 Å². The van der Waals surface area contributed by atoms with Crippen molar-refractivity contribution in [3.8, 4) is 5.75 Å². The Kier molecular flexibility index (Phi) is 5.42. The van der Waals surface area contributed by atoms with E-state index in [1.165, 1.54) is 0 Å². The Balaban J connectivity index is 2.02. The van der Waals surface area contributed by atoms with Gasteiger partial charge in [-0.3, -0.25) is 14.4 Å².